The van der Waals surface area contributed by atoms with Crippen LogP contribution < -0.4 is 0 Å². The van der Waals surface area contributed by atoms with Gasteiger partial charge in [0.05, 0.1) is 0 Å². The van der Waals surface area contributed by atoms with Gasteiger partial charge in [-0.05, 0) is 96.0 Å². The predicted molar refractivity (Wildman–Crippen MR) is 183 cm³/mol. The molecule has 1 aromatic heterocycles. The van der Waals surface area contributed by atoms with Crippen LogP contribution in [0, 0.1) is 0 Å². The van der Waals surface area contributed by atoms with Crippen LogP contribution in [0.1, 0.15) is 0 Å². The van der Waals surface area contributed by atoms with E-state index in [2.05, 4.69) is 158 Å². The van der Waals surface area contributed by atoms with Gasteiger partial charge in [0.25, 0.3) is 0 Å². The molecule has 1 heterocycles. The van der Waals surface area contributed by atoms with Gasteiger partial charge < -0.3 is 4.42 Å². The Labute approximate surface area is 249 Å². The van der Waals surface area contributed by atoms with Crippen molar-refractivity contribution in [3.8, 4) is 33.4 Å². The molecule has 200 valence electrons. The van der Waals surface area contributed by atoms with Crippen molar-refractivity contribution < 1.29 is 4.42 Å². The van der Waals surface area contributed by atoms with E-state index in [9.17, 15) is 0 Å². The Morgan fingerprint density at radius 1 is 0.302 bits per heavy atom. The summed E-state index contributed by atoms with van der Waals surface area (Å²) in [4.78, 5) is 0. The highest BCUT2D eigenvalue weighted by molar-refractivity contribution is 6.20. The number of fused-ring (bicyclic) bond motifs is 6. The molecule has 0 amide bonds. The lowest BCUT2D eigenvalue weighted by molar-refractivity contribution is 0.669. The van der Waals surface area contributed by atoms with E-state index >= 15 is 0 Å². The minimum atomic E-state index is 0.911. The van der Waals surface area contributed by atoms with Gasteiger partial charge >= 0.3 is 0 Å². The van der Waals surface area contributed by atoms with Crippen molar-refractivity contribution in [1.82, 2.24) is 0 Å². The molecule has 9 rings (SSSR count). The van der Waals surface area contributed by atoms with Gasteiger partial charge in [0.15, 0.2) is 0 Å². The van der Waals surface area contributed by atoms with Gasteiger partial charge in [-0.25, -0.2) is 0 Å². The summed E-state index contributed by atoms with van der Waals surface area (Å²) in [6.45, 7) is 0. The van der Waals surface area contributed by atoms with Crippen molar-refractivity contribution in [2.24, 2.45) is 0 Å². The van der Waals surface area contributed by atoms with E-state index in [4.69, 9.17) is 4.42 Å². The maximum atomic E-state index is 6.38. The van der Waals surface area contributed by atoms with Gasteiger partial charge in [-0.2, -0.15) is 0 Å². The topological polar surface area (TPSA) is 13.1 Å². The molecule has 0 bridgehead atoms. The Bertz CT molecular complexity index is 2390. The van der Waals surface area contributed by atoms with Gasteiger partial charge in [0, 0.05) is 10.8 Å². The summed E-state index contributed by atoms with van der Waals surface area (Å²) in [7, 11) is 0. The zero-order valence-corrected chi connectivity index (χ0v) is 23.4. The molecule has 0 saturated heterocycles. The number of rotatable bonds is 3. The highest BCUT2D eigenvalue weighted by Crippen LogP contribution is 2.44. The molecule has 9 aromatic rings. The van der Waals surface area contributed by atoms with Gasteiger partial charge in [-0.3, -0.25) is 0 Å². The molecule has 0 spiro atoms. The van der Waals surface area contributed by atoms with E-state index < -0.39 is 0 Å². The van der Waals surface area contributed by atoms with Gasteiger partial charge in [0.1, 0.15) is 11.2 Å². The molecule has 0 aliphatic rings. The van der Waals surface area contributed by atoms with Crippen LogP contribution >= 0.6 is 0 Å². The lowest BCUT2D eigenvalue weighted by Crippen LogP contribution is -1.90. The molecule has 0 unspecified atom stereocenters. The molecule has 0 radical (unpaired) electrons. The van der Waals surface area contributed by atoms with Crippen molar-refractivity contribution >= 4 is 54.3 Å². The first-order valence-corrected chi connectivity index (χ1v) is 14.8. The third kappa shape index (κ3) is 3.79. The van der Waals surface area contributed by atoms with Crippen molar-refractivity contribution in [1.29, 1.82) is 0 Å². The second-order valence-corrected chi connectivity index (χ2v) is 11.3. The van der Waals surface area contributed by atoms with Gasteiger partial charge in [0.2, 0.25) is 0 Å². The summed E-state index contributed by atoms with van der Waals surface area (Å²) in [6.07, 6.45) is 0. The van der Waals surface area contributed by atoms with Crippen LogP contribution in [-0.2, 0) is 0 Å². The molecule has 0 aliphatic carbocycles. The fourth-order valence-electron chi connectivity index (χ4n) is 6.83. The van der Waals surface area contributed by atoms with E-state index in [1.165, 1.54) is 65.7 Å². The lowest BCUT2D eigenvalue weighted by atomic mass is 9.86. The molecule has 0 N–H and O–H groups in total. The van der Waals surface area contributed by atoms with Crippen LogP contribution in [0.15, 0.2) is 162 Å². The molecule has 0 fully saturated rings. The fourth-order valence-corrected chi connectivity index (χ4v) is 6.83. The second-order valence-electron chi connectivity index (χ2n) is 11.3. The van der Waals surface area contributed by atoms with E-state index in [1.54, 1.807) is 0 Å². The molecule has 8 aromatic carbocycles. The van der Waals surface area contributed by atoms with E-state index in [0.29, 0.717) is 0 Å². The first-order valence-electron chi connectivity index (χ1n) is 14.8. The Morgan fingerprint density at radius 2 is 0.860 bits per heavy atom. The van der Waals surface area contributed by atoms with Crippen molar-refractivity contribution in [3.05, 3.63) is 158 Å². The van der Waals surface area contributed by atoms with Crippen molar-refractivity contribution in [2.75, 3.05) is 0 Å². The highest BCUT2D eigenvalue weighted by atomic mass is 16.3. The summed E-state index contributed by atoms with van der Waals surface area (Å²) < 4.78 is 6.38. The summed E-state index contributed by atoms with van der Waals surface area (Å²) in [5, 5.41) is 9.70. The Balaban J connectivity index is 1.40. The number of benzene rings is 8. The first kappa shape index (κ1) is 24.0. The molecule has 0 aliphatic heterocycles. The minimum Gasteiger partial charge on any atom is -0.456 e. The maximum Gasteiger partial charge on any atom is 0.136 e. The highest BCUT2D eigenvalue weighted by Gasteiger charge is 2.17. The van der Waals surface area contributed by atoms with Crippen LogP contribution in [0.3, 0.4) is 0 Å². The summed E-state index contributed by atoms with van der Waals surface area (Å²) in [5.74, 6) is 0. The van der Waals surface area contributed by atoms with Crippen LogP contribution in [0.25, 0.3) is 87.6 Å². The van der Waals surface area contributed by atoms with Gasteiger partial charge in [-0.15, -0.1) is 0 Å². The molecular formula is C42H26O. The summed E-state index contributed by atoms with van der Waals surface area (Å²) >= 11 is 0. The SMILES string of the molecule is c1ccc(-c2cccc3c(-c4ccc5oc6cc7ccccc7cc6c5c4)c4cccc(-c5ccccc5)c4cc23)cc1. The van der Waals surface area contributed by atoms with Gasteiger partial charge in [-0.1, -0.05) is 127 Å². The smallest absolute Gasteiger partial charge is 0.136 e. The van der Waals surface area contributed by atoms with E-state index in [1.807, 2.05) is 0 Å². The number of furan rings is 1. The van der Waals surface area contributed by atoms with Crippen molar-refractivity contribution in [2.45, 2.75) is 0 Å². The largest absolute Gasteiger partial charge is 0.456 e. The Morgan fingerprint density at radius 3 is 1.49 bits per heavy atom. The quantitative estimate of drug-likeness (QED) is 0.201. The predicted octanol–water partition coefficient (Wildman–Crippen LogP) is 12.0. The number of hydrogen-bond acceptors (Lipinski definition) is 1. The minimum absolute atomic E-state index is 0.911. The Kier molecular flexibility index (Phi) is 5.27. The van der Waals surface area contributed by atoms with E-state index in [-0.39, 0.29) is 0 Å². The van der Waals surface area contributed by atoms with Crippen LogP contribution in [0.2, 0.25) is 0 Å². The van der Waals surface area contributed by atoms with E-state index in [0.717, 1.165) is 21.9 Å². The zero-order valence-electron chi connectivity index (χ0n) is 23.4. The second kappa shape index (κ2) is 9.44. The normalized spacial score (nSPS) is 11.7. The Hall–Kier alpha value is -5.66. The molecule has 0 atom stereocenters. The standard InChI is InChI=1S/C42H26O/c1-3-11-27(12-4-1)32-17-9-19-34-36(32)26-37-33(28-13-5-2-6-14-28)18-10-20-35(37)42(34)31-21-22-40-38(24-31)39-23-29-15-7-8-16-30(29)25-41(39)43-40/h1-26H. The maximum absolute atomic E-state index is 6.38. The summed E-state index contributed by atoms with van der Waals surface area (Å²) in [5.41, 5.74) is 9.20. The van der Waals surface area contributed by atoms with Crippen LogP contribution in [0.4, 0.5) is 0 Å². The third-order valence-electron chi connectivity index (χ3n) is 8.84. The molecular weight excluding hydrogens is 520 g/mol. The molecule has 1 heteroatoms. The average molecular weight is 547 g/mol. The fraction of sp³-hybridized carbons (Fsp3) is 0. The van der Waals surface area contributed by atoms with Crippen molar-refractivity contribution in [3.63, 3.8) is 0 Å². The van der Waals surface area contributed by atoms with Crippen LogP contribution in [-0.4, -0.2) is 0 Å². The molecule has 1 nitrogen and oxygen atoms in total. The number of hydrogen-bond donors (Lipinski definition) is 0. The average Bonchev–Trinajstić information content (AvgIpc) is 3.43. The summed E-state index contributed by atoms with van der Waals surface area (Å²) in [6, 6.07) is 56.9. The zero-order chi connectivity index (χ0) is 28.3. The van der Waals surface area contributed by atoms with Crippen LogP contribution in [0.5, 0.6) is 0 Å². The third-order valence-corrected chi connectivity index (χ3v) is 8.84. The first-order chi connectivity index (χ1) is 21.3. The monoisotopic (exact) mass is 546 g/mol. The molecule has 43 heavy (non-hydrogen) atoms. The lowest BCUT2D eigenvalue weighted by Gasteiger charge is -2.17. The molecule has 0 saturated carbocycles.